The standard InChI is InChI=1S/C15H11BrClFO/c16-14-9-11(3-6-15(14)18)8-13(19)7-10-1-4-12(17)5-2-10/h1-6,9H,7-8H2. The molecule has 0 aliphatic heterocycles. The summed E-state index contributed by atoms with van der Waals surface area (Å²) in [6, 6.07) is 11.8. The van der Waals surface area contributed by atoms with Crippen molar-refractivity contribution in [3.63, 3.8) is 0 Å². The van der Waals surface area contributed by atoms with E-state index in [1.54, 1.807) is 24.3 Å². The first-order chi connectivity index (χ1) is 9.04. The van der Waals surface area contributed by atoms with Crippen LogP contribution >= 0.6 is 27.5 Å². The molecule has 0 bridgehead atoms. The number of hydrogen-bond donors (Lipinski definition) is 0. The van der Waals surface area contributed by atoms with Crippen LogP contribution in [0.15, 0.2) is 46.9 Å². The normalized spacial score (nSPS) is 10.5. The van der Waals surface area contributed by atoms with Crippen LogP contribution in [0.5, 0.6) is 0 Å². The third-order valence-corrected chi connectivity index (χ3v) is 3.56. The van der Waals surface area contributed by atoms with Crippen molar-refractivity contribution in [1.29, 1.82) is 0 Å². The lowest BCUT2D eigenvalue weighted by Gasteiger charge is -2.03. The maximum atomic E-state index is 13.1. The average Bonchev–Trinajstić information content (AvgIpc) is 2.37. The van der Waals surface area contributed by atoms with Crippen molar-refractivity contribution < 1.29 is 9.18 Å². The quantitative estimate of drug-likeness (QED) is 0.794. The zero-order valence-electron chi connectivity index (χ0n) is 10.00. The second kappa shape index (κ2) is 6.31. The van der Waals surface area contributed by atoms with Gasteiger partial charge in [-0.1, -0.05) is 29.8 Å². The van der Waals surface area contributed by atoms with E-state index >= 15 is 0 Å². The van der Waals surface area contributed by atoms with Crippen molar-refractivity contribution in [3.05, 3.63) is 68.9 Å². The lowest BCUT2D eigenvalue weighted by molar-refractivity contribution is -0.117. The predicted molar refractivity (Wildman–Crippen MR) is 78.0 cm³/mol. The highest BCUT2D eigenvalue weighted by Crippen LogP contribution is 2.18. The van der Waals surface area contributed by atoms with Gasteiger partial charge in [-0.25, -0.2) is 4.39 Å². The van der Waals surface area contributed by atoms with Crippen LogP contribution in [0.4, 0.5) is 4.39 Å². The van der Waals surface area contributed by atoms with E-state index < -0.39 is 0 Å². The minimum absolute atomic E-state index is 0.0841. The van der Waals surface area contributed by atoms with Gasteiger partial charge in [0.1, 0.15) is 11.6 Å². The van der Waals surface area contributed by atoms with Crippen LogP contribution in [0.25, 0.3) is 0 Å². The van der Waals surface area contributed by atoms with Crippen LogP contribution < -0.4 is 0 Å². The van der Waals surface area contributed by atoms with E-state index in [-0.39, 0.29) is 11.6 Å². The van der Waals surface area contributed by atoms with Gasteiger partial charge in [0.15, 0.2) is 0 Å². The van der Waals surface area contributed by atoms with Crippen LogP contribution in [0.2, 0.25) is 5.02 Å². The molecule has 0 saturated carbocycles. The molecule has 19 heavy (non-hydrogen) atoms. The zero-order chi connectivity index (χ0) is 13.8. The van der Waals surface area contributed by atoms with E-state index in [2.05, 4.69) is 15.9 Å². The molecule has 0 aliphatic carbocycles. The number of carbonyl (C=O) groups is 1. The second-order valence-corrected chi connectivity index (χ2v) is 5.56. The number of Topliss-reactive ketones (excluding diaryl/α,β-unsaturated/α-hetero) is 1. The number of ketones is 1. The summed E-state index contributed by atoms with van der Waals surface area (Å²) in [6.45, 7) is 0. The maximum absolute atomic E-state index is 13.1. The van der Waals surface area contributed by atoms with Gasteiger partial charge in [-0.05, 0) is 51.3 Å². The first-order valence-electron chi connectivity index (χ1n) is 5.74. The third-order valence-electron chi connectivity index (χ3n) is 2.70. The van der Waals surface area contributed by atoms with Gasteiger partial charge in [-0.15, -0.1) is 0 Å². The van der Waals surface area contributed by atoms with Crippen molar-refractivity contribution >= 4 is 33.3 Å². The Hall–Kier alpha value is -1.19. The van der Waals surface area contributed by atoms with Gasteiger partial charge >= 0.3 is 0 Å². The molecule has 0 unspecified atom stereocenters. The van der Waals surface area contributed by atoms with E-state index in [0.29, 0.717) is 22.3 Å². The molecule has 1 nitrogen and oxygen atoms in total. The van der Waals surface area contributed by atoms with E-state index in [1.807, 2.05) is 12.1 Å². The Labute approximate surface area is 124 Å². The van der Waals surface area contributed by atoms with E-state index in [9.17, 15) is 9.18 Å². The van der Waals surface area contributed by atoms with Crippen LogP contribution in [0.1, 0.15) is 11.1 Å². The summed E-state index contributed by atoms with van der Waals surface area (Å²) in [7, 11) is 0. The summed E-state index contributed by atoms with van der Waals surface area (Å²) >= 11 is 8.89. The number of hydrogen-bond acceptors (Lipinski definition) is 1. The molecule has 0 spiro atoms. The van der Waals surface area contributed by atoms with Gasteiger partial charge in [0.05, 0.1) is 4.47 Å². The molecule has 2 aromatic carbocycles. The third kappa shape index (κ3) is 4.15. The Morgan fingerprint density at radius 2 is 1.63 bits per heavy atom. The first-order valence-corrected chi connectivity index (χ1v) is 6.92. The minimum Gasteiger partial charge on any atom is -0.299 e. The Kier molecular flexibility index (Phi) is 4.72. The number of benzene rings is 2. The van der Waals surface area contributed by atoms with Gasteiger partial charge in [0.25, 0.3) is 0 Å². The highest BCUT2D eigenvalue weighted by molar-refractivity contribution is 9.10. The summed E-state index contributed by atoms with van der Waals surface area (Å²) in [4.78, 5) is 11.9. The molecule has 0 N–H and O–H groups in total. The smallest absolute Gasteiger partial charge is 0.141 e. The van der Waals surface area contributed by atoms with Crippen LogP contribution in [0.3, 0.4) is 0 Å². The molecule has 0 heterocycles. The van der Waals surface area contributed by atoms with Crippen molar-refractivity contribution in [2.75, 3.05) is 0 Å². The SMILES string of the molecule is O=C(Cc1ccc(Cl)cc1)Cc1ccc(F)c(Br)c1. The summed E-state index contributed by atoms with van der Waals surface area (Å²) < 4.78 is 13.5. The Bertz CT molecular complexity index is 596. The molecule has 0 amide bonds. The Morgan fingerprint density at radius 3 is 2.26 bits per heavy atom. The maximum Gasteiger partial charge on any atom is 0.141 e. The van der Waals surface area contributed by atoms with Crippen molar-refractivity contribution in [2.24, 2.45) is 0 Å². The minimum atomic E-state index is -0.325. The molecule has 0 radical (unpaired) electrons. The van der Waals surface area contributed by atoms with E-state index in [0.717, 1.165) is 11.1 Å². The topological polar surface area (TPSA) is 17.1 Å². The molecule has 98 valence electrons. The fourth-order valence-electron chi connectivity index (χ4n) is 1.77. The average molecular weight is 342 g/mol. The Morgan fingerprint density at radius 1 is 1.05 bits per heavy atom. The van der Waals surface area contributed by atoms with Gasteiger partial charge in [0.2, 0.25) is 0 Å². The van der Waals surface area contributed by atoms with Gasteiger partial charge in [-0.2, -0.15) is 0 Å². The number of carbonyl (C=O) groups excluding carboxylic acids is 1. The fraction of sp³-hybridized carbons (Fsp3) is 0.133. The highest BCUT2D eigenvalue weighted by atomic mass is 79.9. The molecule has 0 atom stereocenters. The summed E-state index contributed by atoms with van der Waals surface area (Å²) in [6.07, 6.45) is 0.646. The molecule has 0 aromatic heterocycles. The monoisotopic (exact) mass is 340 g/mol. The fourth-order valence-corrected chi connectivity index (χ4v) is 2.32. The molecule has 0 saturated heterocycles. The van der Waals surface area contributed by atoms with Crippen LogP contribution in [-0.4, -0.2) is 5.78 Å². The van der Waals surface area contributed by atoms with E-state index in [1.165, 1.54) is 6.07 Å². The number of rotatable bonds is 4. The number of halogens is 3. The summed E-state index contributed by atoms with van der Waals surface area (Å²) in [5.74, 6) is -0.241. The highest BCUT2D eigenvalue weighted by Gasteiger charge is 2.07. The van der Waals surface area contributed by atoms with Crippen molar-refractivity contribution in [1.82, 2.24) is 0 Å². The van der Waals surface area contributed by atoms with E-state index in [4.69, 9.17) is 11.6 Å². The zero-order valence-corrected chi connectivity index (χ0v) is 12.3. The lowest BCUT2D eigenvalue weighted by atomic mass is 10.0. The van der Waals surface area contributed by atoms with Crippen LogP contribution in [0, 0.1) is 5.82 Å². The molecular weight excluding hydrogens is 331 g/mol. The van der Waals surface area contributed by atoms with Gasteiger partial charge < -0.3 is 0 Å². The van der Waals surface area contributed by atoms with Crippen molar-refractivity contribution in [2.45, 2.75) is 12.8 Å². The van der Waals surface area contributed by atoms with Gasteiger partial charge in [-0.3, -0.25) is 4.79 Å². The first kappa shape index (κ1) is 14.2. The van der Waals surface area contributed by atoms with Crippen LogP contribution in [-0.2, 0) is 17.6 Å². The molecular formula is C15H11BrClFO. The summed E-state index contributed by atoms with van der Waals surface area (Å²) in [5, 5.41) is 0.652. The molecule has 0 fully saturated rings. The molecule has 4 heteroatoms. The lowest BCUT2D eigenvalue weighted by Crippen LogP contribution is -2.06. The molecule has 2 rings (SSSR count). The molecule has 2 aromatic rings. The van der Waals surface area contributed by atoms with Crippen molar-refractivity contribution in [3.8, 4) is 0 Å². The molecule has 0 aliphatic rings. The summed E-state index contributed by atoms with van der Waals surface area (Å²) in [5.41, 5.74) is 1.72. The Balaban J connectivity index is 2.01. The largest absolute Gasteiger partial charge is 0.299 e. The second-order valence-electron chi connectivity index (χ2n) is 4.27. The van der Waals surface area contributed by atoms with Gasteiger partial charge in [0, 0.05) is 17.9 Å². The predicted octanol–water partition coefficient (Wildman–Crippen LogP) is 4.60.